The maximum Gasteiger partial charge on any atom is 0.409 e. The molecule has 1 N–H and O–H groups in total. The summed E-state index contributed by atoms with van der Waals surface area (Å²) >= 11 is 6.06. The molecule has 0 radical (unpaired) electrons. The number of carbonyl (C=O) groups excluding carboxylic acids is 1. The predicted molar refractivity (Wildman–Crippen MR) is 120 cm³/mol. The molecule has 1 aliphatic carbocycles. The van der Waals surface area contributed by atoms with Gasteiger partial charge in [0.15, 0.2) is 0 Å². The average Bonchev–Trinajstić information content (AvgIpc) is 3.38. The van der Waals surface area contributed by atoms with Crippen LogP contribution in [0.1, 0.15) is 28.7 Å². The van der Waals surface area contributed by atoms with Gasteiger partial charge in [-0.2, -0.15) is 0 Å². The van der Waals surface area contributed by atoms with Crippen molar-refractivity contribution in [1.82, 2.24) is 9.88 Å². The van der Waals surface area contributed by atoms with Gasteiger partial charge in [-0.3, -0.25) is 9.78 Å². The number of fused-ring (bicyclic) bond motifs is 3. The van der Waals surface area contributed by atoms with E-state index in [9.17, 15) is 14.7 Å². The minimum Gasteiger partial charge on any atom is -0.481 e. The highest BCUT2D eigenvalue weighted by atomic mass is 35.5. The molecule has 3 aromatic rings. The number of hydrogen-bond donors (Lipinski definition) is 1. The molecule has 2 aliphatic rings. The zero-order valence-corrected chi connectivity index (χ0v) is 17.9. The van der Waals surface area contributed by atoms with E-state index in [4.69, 9.17) is 16.3 Å². The number of halogens is 1. The molecule has 7 heteroatoms. The maximum absolute atomic E-state index is 12.9. The topological polar surface area (TPSA) is 79.7 Å². The number of pyridine rings is 1. The fraction of sp³-hybridized carbons (Fsp3) is 0.240. The molecule has 0 saturated carbocycles. The molecule has 1 saturated heterocycles. The number of aromatic nitrogens is 1. The number of amides is 1. The molecule has 6 nitrogen and oxygen atoms in total. The zero-order valence-electron chi connectivity index (χ0n) is 17.1. The molecule has 5 rings (SSSR count). The van der Waals surface area contributed by atoms with Crippen LogP contribution in [0.3, 0.4) is 0 Å². The molecule has 2 heterocycles. The third kappa shape index (κ3) is 3.60. The Morgan fingerprint density at radius 1 is 1.03 bits per heavy atom. The van der Waals surface area contributed by atoms with E-state index in [1.54, 1.807) is 18.3 Å². The van der Waals surface area contributed by atoms with Crippen LogP contribution in [0.2, 0.25) is 5.02 Å². The molecular formula is C25H21ClN2O4. The van der Waals surface area contributed by atoms with E-state index in [2.05, 4.69) is 29.2 Å². The zero-order chi connectivity index (χ0) is 22.2. The van der Waals surface area contributed by atoms with Crippen molar-refractivity contribution < 1.29 is 19.4 Å². The molecule has 1 amide bonds. The lowest BCUT2D eigenvalue weighted by Gasteiger charge is -2.19. The van der Waals surface area contributed by atoms with Crippen LogP contribution in [0.4, 0.5) is 4.79 Å². The smallest absolute Gasteiger partial charge is 0.409 e. The Hall–Kier alpha value is -3.38. The van der Waals surface area contributed by atoms with Crippen LogP contribution < -0.4 is 0 Å². The minimum absolute atomic E-state index is 0.0467. The number of hydrogen-bond acceptors (Lipinski definition) is 4. The van der Waals surface area contributed by atoms with Gasteiger partial charge < -0.3 is 14.7 Å². The fourth-order valence-electron chi connectivity index (χ4n) is 4.81. The Morgan fingerprint density at radius 2 is 1.69 bits per heavy atom. The number of carboxylic acid groups (broad SMARTS) is 1. The largest absolute Gasteiger partial charge is 0.481 e. The van der Waals surface area contributed by atoms with E-state index >= 15 is 0 Å². The van der Waals surface area contributed by atoms with Gasteiger partial charge in [-0.25, -0.2) is 4.79 Å². The minimum atomic E-state index is -0.967. The molecule has 2 aromatic carbocycles. The Morgan fingerprint density at radius 3 is 2.31 bits per heavy atom. The second kappa shape index (κ2) is 8.28. The van der Waals surface area contributed by atoms with Crippen LogP contribution in [0, 0.1) is 5.92 Å². The number of carboxylic acids is 1. The molecular weight excluding hydrogens is 428 g/mol. The van der Waals surface area contributed by atoms with Crippen molar-refractivity contribution in [3.8, 4) is 11.1 Å². The third-order valence-electron chi connectivity index (χ3n) is 6.35. The van der Waals surface area contributed by atoms with Crippen LogP contribution in [-0.4, -0.2) is 46.7 Å². The van der Waals surface area contributed by atoms with Gasteiger partial charge in [0.2, 0.25) is 0 Å². The Kier molecular flexibility index (Phi) is 5.31. The summed E-state index contributed by atoms with van der Waals surface area (Å²) in [4.78, 5) is 30.5. The first-order chi connectivity index (χ1) is 15.5. The van der Waals surface area contributed by atoms with Crippen LogP contribution in [0.5, 0.6) is 0 Å². The summed E-state index contributed by atoms with van der Waals surface area (Å²) in [7, 11) is 0. The molecule has 1 aliphatic heterocycles. The summed E-state index contributed by atoms with van der Waals surface area (Å²) in [5.74, 6) is -2.21. The SMILES string of the molecule is O=C(O)C1CN(C(=O)OCC2c3ccccc3-c3ccccc32)CC1c1cc(Cl)ccn1. The summed E-state index contributed by atoms with van der Waals surface area (Å²) in [6, 6.07) is 19.6. The highest BCUT2D eigenvalue weighted by Gasteiger charge is 2.42. The van der Waals surface area contributed by atoms with Gasteiger partial charge in [0.05, 0.1) is 5.92 Å². The monoisotopic (exact) mass is 448 g/mol. The standard InChI is InChI=1S/C25H21ClN2O4/c26-15-9-10-27-23(11-15)20-12-28(13-21(20)24(29)30)25(31)32-14-22-18-7-3-1-5-16(18)17-6-2-4-8-19(17)22/h1-11,20-22H,12-14H2,(H,29,30). The second-order valence-corrected chi connectivity index (χ2v) is 8.60. The first kappa shape index (κ1) is 20.5. The van der Waals surface area contributed by atoms with Gasteiger partial charge in [0.1, 0.15) is 6.61 Å². The van der Waals surface area contributed by atoms with Gasteiger partial charge in [-0.15, -0.1) is 0 Å². The predicted octanol–water partition coefficient (Wildman–Crippen LogP) is 4.78. The fourth-order valence-corrected chi connectivity index (χ4v) is 4.98. The lowest BCUT2D eigenvalue weighted by molar-refractivity contribution is -0.141. The molecule has 162 valence electrons. The van der Waals surface area contributed by atoms with Crippen molar-refractivity contribution in [2.24, 2.45) is 5.92 Å². The lowest BCUT2D eigenvalue weighted by atomic mass is 9.92. The van der Waals surface area contributed by atoms with Gasteiger partial charge in [-0.05, 0) is 34.4 Å². The molecule has 2 unspecified atom stereocenters. The quantitative estimate of drug-likeness (QED) is 0.621. The highest BCUT2D eigenvalue weighted by molar-refractivity contribution is 6.30. The van der Waals surface area contributed by atoms with Gasteiger partial charge in [-0.1, -0.05) is 60.1 Å². The van der Waals surface area contributed by atoms with E-state index < -0.39 is 23.9 Å². The second-order valence-electron chi connectivity index (χ2n) is 8.16. The number of aliphatic carboxylic acids is 1. The Bertz CT molecular complexity index is 1150. The third-order valence-corrected chi connectivity index (χ3v) is 6.59. The first-order valence-corrected chi connectivity index (χ1v) is 10.8. The molecule has 2 atom stereocenters. The van der Waals surface area contributed by atoms with Gasteiger partial charge in [0, 0.05) is 41.8 Å². The number of benzene rings is 2. The number of carbonyl (C=O) groups is 2. The molecule has 0 spiro atoms. The number of rotatable bonds is 4. The van der Waals surface area contributed by atoms with Gasteiger partial charge >= 0.3 is 12.1 Å². The average molecular weight is 449 g/mol. The first-order valence-electron chi connectivity index (χ1n) is 10.5. The van der Waals surface area contributed by atoms with Crippen molar-refractivity contribution in [2.45, 2.75) is 11.8 Å². The van der Waals surface area contributed by atoms with Crippen molar-refractivity contribution in [1.29, 1.82) is 0 Å². The Labute approximate surface area is 190 Å². The van der Waals surface area contributed by atoms with Crippen LogP contribution >= 0.6 is 11.6 Å². The summed E-state index contributed by atoms with van der Waals surface area (Å²) in [6.07, 6.45) is 1.04. The molecule has 0 bridgehead atoms. The van der Waals surface area contributed by atoms with Crippen molar-refractivity contribution >= 4 is 23.7 Å². The Balaban J connectivity index is 1.32. The van der Waals surface area contributed by atoms with Crippen LogP contribution in [-0.2, 0) is 9.53 Å². The van der Waals surface area contributed by atoms with E-state index in [0.717, 1.165) is 22.3 Å². The summed E-state index contributed by atoms with van der Waals surface area (Å²) in [5, 5.41) is 10.2. The van der Waals surface area contributed by atoms with E-state index in [1.807, 2.05) is 24.3 Å². The van der Waals surface area contributed by atoms with Crippen molar-refractivity contribution in [3.05, 3.63) is 88.7 Å². The maximum atomic E-state index is 12.9. The number of nitrogens with zero attached hydrogens (tertiary/aromatic N) is 2. The van der Waals surface area contributed by atoms with E-state index in [-0.39, 0.29) is 25.6 Å². The number of likely N-dealkylation sites (tertiary alicyclic amines) is 1. The normalized spacial score (nSPS) is 19.5. The lowest BCUT2D eigenvalue weighted by Crippen LogP contribution is -2.31. The van der Waals surface area contributed by atoms with E-state index in [1.165, 1.54) is 4.90 Å². The van der Waals surface area contributed by atoms with Gasteiger partial charge in [0.25, 0.3) is 0 Å². The molecule has 1 fully saturated rings. The van der Waals surface area contributed by atoms with E-state index in [0.29, 0.717) is 10.7 Å². The van der Waals surface area contributed by atoms with Crippen LogP contribution in [0.25, 0.3) is 11.1 Å². The van der Waals surface area contributed by atoms with Crippen LogP contribution in [0.15, 0.2) is 66.9 Å². The van der Waals surface area contributed by atoms with Crippen molar-refractivity contribution in [3.63, 3.8) is 0 Å². The summed E-state index contributed by atoms with van der Waals surface area (Å²) < 4.78 is 5.71. The number of ether oxygens (including phenoxy) is 1. The summed E-state index contributed by atoms with van der Waals surface area (Å²) in [5.41, 5.74) is 5.14. The van der Waals surface area contributed by atoms with Crippen molar-refractivity contribution in [2.75, 3.05) is 19.7 Å². The molecule has 1 aromatic heterocycles. The highest BCUT2D eigenvalue weighted by Crippen LogP contribution is 2.44. The molecule has 32 heavy (non-hydrogen) atoms. The summed E-state index contributed by atoms with van der Waals surface area (Å²) in [6.45, 7) is 0.493.